The Morgan fingerprint density at radius 2 is 1.45 bits per heavy atom. The van der Waals surface area contributed by atoms with Crippen molar-refractivity contribution in [1.29, 1.82) is 0 Å². The molecule has 29 heavy (non-hydrogen) atoms. The van der Waals surface area contributed by atoms with Gasteiger partial charge in [-0.25, -0.2) is 16.8 Å². The number of hydrogen-bond acceptors (Lipinski definition) is 5. The van der Waals surface area contributed by atoms with Gasteiger partial charge >= 0.3 is 0 Å². The van der Waals surface area contributed by atoms with Crippen molar-refractivity contribution in [1.82, 2.24) is 0 Å². The first-order valence-corrected chi connectivity index (χ1v) is 12.7. The number of allylic oxidation sites excluding steroid dienone is 1. The van der Waals surface area contributed by atoms with E-state index >= 15 is 0 Å². The third-order valence-electron chi connectivity index (χ3n) is 5.14. The summed E-state index contributed by atoms with van der Waals surface area (Å²) in [7, 11) is -7.84. The van der Waals surface area contributed by atoms with Gasteiger partial charge in [0.1, 0.15) is 5.78 Å². The van der Waals surface area contributed by atoms with Crippen molar-refractivity contribution in [2.45, 2.75) is 41.9 Å². The van der Waals surface area contributed by atoms with E-state index in [9.17, 15) is 21.6 Å². The van der Waals surface area contributed by atoms with Gasteiger partial charge in [-0.05, 0) is 43.5 Å². The molecular weight excluding hydrogens is 408 g/mol. The van der Waals surface area contributed by atoms with Crippen LogP contribution in [0.25, 0.3) is 0 Å². The van der Waals surface area contributed by atoms with Gasteiger partial charge in [0.05, 0.1) is 20.4 Å². The van der Waals surface area contributed by atoms with Crippen LogP contribution in [-0.4, -0.2) is 28.4 Å². The predicted octanol–water partition coefficient (Wildman–Crippen LogP) is 3.97. The van der Waals surface area contributed by atoms with Gasteiger partial charge < -0.3 is 0 Å². The van der Waals surface area contributed by atoms with Gasteiger partial charge in [-0.2, -0.15) is 0 Å². The van der Waals surface area contributed by atoms with Gasteiger partial charge in [0.25, 0.3) is 0 Å². The molecule has 0 aliphatic heterocycles. The third-order valence-corrected chi connectivity index (χ3v) is 8.90. The van der Waals surface area contributed by atoms with Gasteiger partial charge in [0.15, 0.2) is 9.84 Å². The molecule has 0 spiro atoms. The molecule has 7 heteroatoms. The van der Waals surface area contributed by atoms with Crippen LogP contribution in [0.2, 0.25) is 0 Å². The van der Waals surface area contributed by atoms with E-state index in [0.717, 1.165) is 12.8 Å². The van der Waals surface area contributed by atoms with Gasteiger partial charge in [0.2, 0.25) is 9.84 Å². The summed E-state index contributed by atoms with van der Waals surface area (Å²) in [5.41, 5.74) is 0. The van der Waals surface area contributed by atoms with Crippen LogP contribution in [0.1, 0.15) is 32.1 Å². The van der Waals surface area contributed by atoms with E-state index in [2.05, 4.69) is 0 Å². The lowest BCUT2D eigenvalue weighted by Gasteiger charge is -2.19. The van der Waals surface area contributed by atoms with Crippen molar-refractivity contribution >= 4 is 25.5 Å². The summed E-state index contributed by atoms with van der Waals surface area (Å²) >= 11 is 0. The first kappa shape index (κ1) is 21.5. The molecule has 5 nitrogen and oxygen atoms in total. The number of carbonyl (C=O) groups excluding carboxylic acids is 1. The summed E-state index contributed by atoms with van der Waals surface area (Å²) in [6.45, 7) is 0. The molecule has 2 aromatic carbocycles. The van der Waals surface area contributed by atoms with Crippen molar-refractivity contribution in [2.75, 3.05) is 5.75 Å². The van der Waals surface area contributed by atoms with Crippen LogP contribution in [0, 0.1) is 5.92 Å². The minimum atomic E-state index is -3.99. The van der Waals surface area contributed by atoms with Crippen molar-refractivity contribution in [2.24, 2.45) is 5.92 Å². The molecule has 154 valence electrons. The second-order valence-corrected chi connectivity index (χ2v) is 11.2. The number of ketones is 1. The van der Waals surface area contributed by atoms with Gasteiger partial charge in [-0.1, -0.05) is 48.9 Å². The van der Waals surface area contributed by atoms with Crippen LogP contribution >= 0.6 is 0 Å². The molecule has 1 unspecified atom stereocenters. The second-order valence-electron chi connectivity index (χ2n) is 7.20. The Labute approximate surface area is 172 Å². The van der Waals surface area contributed by atoms with Crippen LogP contribution in [0.5, 0.6) is 0 Å². The summed E-state index contributed by atoms with van der Waals surface area (Å²) in [4.78, 5) is 12.1. The highest BCUT2D eigenvalue weighted by atomic mass is 32.2. The average Bonchev–Trinajstić information content (AvgIpc) is 2.73. The molecule has 1 aliphatic carbocycles. The summed E-state index contributed by atoms with van der Waals surface area (Å²) in [5, 5.41) is 0. The smallest absolute Gasteiger partial charge is 0.203 e. The van der Waals surface area contributed by atoms with Crippen LogP contribution < -0.4 is 0 Å². The molecule has 1 fully saturated rings. The lowest BCUT2D eigenvalue weighted by atomic mass is 9.86. The van der Waals surface area contributed by atoms with E-state index < -0.39 is 25.4 Å². The Bertz CT molecular complexity index is 1090. The highest BCUT2D eigenvalue weighted by Crippen LogP contribution is 2.28. The fourth-order valence-electron chi connectivity index (χ4n) is 3.47. The Morgan fingerprint density at radius 1 is 0.862 bits per heavy atom. The fourth-order valence-corrected chi connectivity index (χ4v) is 6.92. The molecule has 3 rings (SSSR count). The Morgan fingerprint density at radius 3 is 2.03 bits per heavy atom. The Balaban J connectivity index is 1.97. The molecule has 1 aliphatic rings. The zero-order chi connectivity index (χ0) is 20.9. The van der Waals surface area contributed by atoms with E-state index in [1.54, 1.807) is 36.4 Å². The molecule has 1 saturated carbocycles. The molecule has 0 N–H and O–H groups in total. The molecule has 0 bridgehead atoms. The average molecular weight is 433 g/mol. The number of hydrogen-bond donors (Lipinski definition) is 0. The fraction of sp³-hybridized carbons (Fsp3) is 0.318. The van der Waals surface area contributed by atoms with Crippen molar-refractivity contribution in [3.05, 3.63) is 71.6 Å². The number of sulfone groups is 2. The number of rotatable bonds is 7. The first-order chi connectivity index (χ1) is 13.8. The van der Waals surface area contributed by atoms with Crippen LogP contribution in [0.15, 0.2) is 81.4 Å². The van der Waals surface area contributed by atoms with E-state index in [1.165, 1.54) is 30.3 Å². The molecule has 0 radical (unpaired) electrons. The number of carbonyl (C=O) groups is 1. The molecule has 0 amide bonds. The Kier molecular flexibility index (Phi) is 6.70. The van der Waals surface area contributed by atoms with Gasteiger partial charge in [-0.15, -0.1) is 0 Å². The van der Waals surface area contributed by atoms with E-state index in [1.807, 2.05) is 0 Å². The summed E-state index contributed by atoms with van der Waals surface area (Å²) < 4.78 is 52.1. The van der Waals surface area contributed by atoms with Crippen LogP contribution in [0.4, 0.5) is 0 Å². The minimum Gasteiger partial charge on any atom is -0.299 e. The second kappa shape index (κ2) is 9.05. The summed E-state index contributed by atoms with van der Waals surface area (Å²) in [6, 6.07) is 15.6. The van der Waals surface area contributed by atoms with Crippen molar-refractivity contribution in [3.63, 3.8) is 0 Å². The van der Waals surface area contributed by atoms with Crippen molar-refractivity contribution < 1.29 is 21.6 Å². The lowest BCUT2D eigenvalue weighted by Crippen LogP contribution is -2.20. The SMILES string of the molecule is O=C1CCCCC1C/C=C(\CS(=O)(=O)c1ccccc1)S(=O)(=O)c1ccccc1. The molecule has 1 atom stereocenters. The van der Waals surface area contributed by atoms with Crippen molar-refractivity contribution in [3.8, 4) is 0 Å². The largest absolute Gasteiger partial charge is 0.299 e. The predicted molar refractivity (Wildman–Crippen MR) is 112 cm³/mol. The van der Waals surface area contributed by atoms with Crippen LogP contribution in [0.3, 0.4) is 0 Å². The number of benzene rings is 2. The minimum absolute atomic E-state index is 0.0458. The summed E-state index contributed by atoms with van der Waals surface area (Å²) in [5.74, 6) is -0.756. The maximum atomic E-state index is 13.2. The molecular formula is C22H24O5S2. The topological polar surface area (TPSA) is 85.3 Å². The highest BCUT2D eigenvalue weighted by molar-refractivity contribution is 7.98. The molecule has 2 aromatic rings. The zero-order valence-corrected chi connectivity index (χ0v) is 17.7. The highest BCUT2D eigenvalue weighted by Gasteiger charge is 2.28. The first-order valence-electron chi connectivity index (χ1n) is 9.60. The van der Waals surface area contributed by atoms with E-state index in [4.69, 9.17) is 0 Å². The van der Waals surface area contributed by atoms with E-state index in [-0.39, 0.29) is 32.8 Å². The normalized spacial score (nSPS) is 18.6. The molecule has 0 saturated heterocycles. The van der Waals surface area contributed by atoms with Gasteiger partial charge in [-0.3, -0.25) is 4.79 Å². The van der Waals surface area contributed by atoms with Gasteiger partial charge in [0, 0.05) is 12.3 Å². The van der Waals surface area contributed by atoms with Crippen LogP contribution in [-0.2, 0) is 24.5 Å². The Hall–Kier alpha value is -2.25. The monoisotopic (exact) mass is 432 g/mol. The summed E-state index contributed by atoms with van der Waals surface area (Å²) in [6.07, 6.45) is 4.67. The third kappa shape index (κ3) is 5.22. The lowest BCUT2D eigenvalue weighted by molar-refractivity contribution is -0.124. The number of Topliss-reactive ketones (excluding diaryl/α,β-unsaturated/α-hetero) is 1. The maximum absolute atomic E-state index is 13.2. The molecule has 0 heterocycles. The maximum Gasteiger partial charge on any atom is 0.203 e. The zero-order valence-electron chi connectivity index (χ0n) is 16.0. The standard InChI is InChI=1S/C22H24O5S2/c23-22-14-8-7-9-18(22)15-16-21(29(26,27)20-12-5-2-6-13-20)17-28(24,25)19-10-3-1-4-11-19/h1-6,10-13,16,18H,7-9,14-15,17H2/b21-16+. The molecule has 0 aromatic heterocycles. The quantitative estimate of drug-likeness (QED) is 0.661. The van der Waals surface area contributed by atoms with E-state index in [0.29, 0.717) is 12.8 Å².